The Labute approximate surface area is 148 Å². The van der Waals surface area contributed by atoms with Crippen LogP contribution in [0.4, 0.5) is 0 Å². The molecule has 3 rings (SSSR count). The molecule has 4 nitrogen and oxygen atoms in total. The molecule has 0 unspecified atom stereocenters. The molecule has 0 aromatic carbocycles. The van der Waals surface area contributed by atoms with E-state index in [2.05, 4.69) is 42.4 Å². The quantitative estimate of drug-likeness (QED) is 0.773. The number of rotatable bonds is 5. The molecular formula is C20H37N3O. The summed E-state index contributed by atoms with van der Waals surface area (Å²) in [6.07, 6.45) is 4.90. The fraction of sp³-hybridized carbons (Fsp3) is 0.950. The second-order valence-corrected chi connectivity index (χ2v) is 8.98. The number of piperidine rings is 1. The van der Waals surface area contributed by atoms with Gasteiger partial charge in [-0.05, 0) is 64.5 Å². The number of likely N-dealkylation sites (tertiary alicyclic amines) is 1. The molecule has 0 aromatic rings. The number of piperazine rings is 1. The number of carbonyl (C=O) groups excluding carboxylic acids is 1. The number of nitrogens with zero attached hydrogens (tertiary/aromatic N) is 3. The summed E-state index contributed by atoms with van der Waals surface area (Å²) in [4.78, 5) is 20.2. The molecule has 4 heteroatoms. The molecular weight excluding hydrogens is 298 g/mol. The fourth-order valence-electron chi connectivity index (χ4n) is 4.64. The maximum absolute atomic E-state index is 12.8. The standard InChI is InChI=1S/C20H37N3O/c1-16(2)20(7-8-20)19(24)23-13-11-21(12-14-23)15-18-5-9-22(10-6-18)17(3)4/h16-18H,5-15H2,1-4H3. The molecule has 1 aliphatic carbocycles. The Hall–Kier alpha value is -0.610. The molecule has 0 atom stereocenters. The van der Waals surface area contributed by atoms with Crippen LogP contribution in [0.3, 0.4) is 0 Å². The average Bonchev–Trinajstić information content (AvgIpc) is 3.37. The Morgan fingerprint density at radius 3 is 2.00 bits per heavy atom. The van der Waals surface area contributed by atoms with Crippen LogP contribution in [-0.2, 0) is 4.79 Å². The zero-order chi connectivity index (χ0) is 17.3. The Morgan fingerprint density at radius 2 is 1.54 bits per heavy atom. The predicted molar refractivity (Wildman–Crippen MR) is 99.0 cm³/mol. The lowest BCUT2D eigenvalue weighted by Gasteiger charge is -2.40. The van der Waals surface area contributed by atoms with E-state index in [-0.39, 0.29) is 5.41 Å². The number of hydrogen-bond acceptors (Lipinski definition) is 3. The van der Waals surface area contributed by atoms with E-state index in [1.165, 1.54) is 32.5 Å². The topological polar surface area (TPSA) is 26.8 Å². The van der Waals surface area contributed by atoms with Gasteiger partial charge in [-0.15, -0.1) is 0 Å². The molecule has 0 N–H and O–H groups in total. The van der Waals surface area contributed by atoms with Crippen LogP contribution < -0.4 is 0 Å². The van der Waals surface area contributed by atoms with Crippen LogP contribution in [0.1, 0.15) is 53.4 Å². The first-order chi connectivity index (χ1) is 11.4. The molecule has 0 spiro atoms. The molecule has 2 aliphatic heterocycles. The van der Waals surface area contributed by atoms with Gasteiger partial charge in [-0.1, -0.05) is 13.8 Å². The first-order valence-corrected chi connectivity index (χ1v) is 10.2. The predicted octanol–water partition coefficient (Wildman–Crippen LogP) is 2.69. The minimum atomic E-state index is 0.00580. The third-order valence-corrected chi connectivity index (χ3v) is 6.88. The van der Waals surface area contributed by atoms with Crippen LogP contribution in [0.5, 0.6) is 0 Å². The summed E-state index contributed by atoms with van der Waals surface area (Å²) >= 11 is 0. The lowest BCUT2D eigenvalue weighted by molar-refractivity contribution is -0.140. The van der Waals surface area contributed by atoms with Crippen molar-refractivity contribution < 1.29 is 4.79 Å². The van der Waals surface area contributed by atoms with Crippen molar-refractivity contribution in [1.29, 1.82) is 0 Å². The lowest BCUT2D eigenvalue weighted by Crippen LogP contribution is -2.52. The minimum Gasteiger partial charge on any atom is -0.340 e. The van der Waals surface area contributed by atoms with Gasteiger partial charge in [-0.25, -0.2) is 0 Å². The van der Waals surface area contributed by atoms with E-state index < -0.39 is 0 Å². The van der Waals surface area contributed by atoms with E-state index in [0.717, 1.165) is 44.9 Å². The van der Waals surface area contributed by atoms with E-state index in [1.807, 2.05) is 0 Å². The maximum Gasteiger partial charge on any atom is 0.229 e. The summed E-state index contributed by atoms with van der Waals surface area (Å²) in [5.74, 6) is 1.80. The summed E-state index contributed by atoms with van der Waals surface area (Å²) in [6.45, 7) is 16.8. The van der Waals surface area contributed by atoms with E-state index in [1.54, 1.807) is 0 Å². The molecule has 2 heterocycles. The Morgan fingerprint density at radius 1 is 0.958 bits per heavy atom. The largest absolute Gasteiger partial charge is 0.340 e. The van der Waals surface area contributed by atoms with Gasteiger partial charge in [0.25, 0.3) is 0 Å². The SMILES string of the molecule is CC(C)N1CCC(CN2CCN(C(=O)C3(C(C)C)CC3)CC2)CC1. The zero-order valence-corrected chi connectivity index (χ0v) is 16.3. The summed E-state index contributed by atoms with van der Waals surface area (Å²) in [5.41, 5.74) is 0.00580. The zero-order valence-electron chi connectivity index (χ0n) is 16.3. The van der Waals surface area contributed by atoms with E-state index in [9.17, 15) is 4.79 Å². The van der Waals surface area contributed by atoms with Crippen LogP contribution in [0.25, 0.3) is 0 Å². The van der Waals surface area contributed by atoms with Crippen molar-refractivity contribution in [2.75, 3.05) is 45.8 Å². The Bertz CT molecular complexity index is 428. The first kappa shape index (κ1) is 18.2. The number of hydrogen-bond donors (Lipinski definition) is 0. The van der Waals surface area contributed by atoms with Gasteiger partial charge in [-0.2, -0.15) is 0 Å². The van der Waals surface area contributed by atoms with Crippen molar-refractivity contribution in [3.05, 3.63) is 0 Å². The summed E-state index contributed by atoms with van der Waals surface area (Å²) in [6, 6.07) is 0.691. The molecule has 0 bridgehead atoms. The van der Waals surface area contributed by atoms with Gasteiger partial charge in [0.05, 0.1) is 5.41 Å². The Kier molecular flexibility index (Phi) is 5.55. The van der Waals surface area contributed by atoms with Gasteiger partial charge in [0, 0.05) is 38.8 Å². The van der Waals surface area contributed by atoms with Crippen molar-refractivity contribution in [1.82, 2.24) is 14.7 Å². The van der Waals surface area contributed by atoms with Crippen LogP contribution in [0.2, 0.25) is 0 Å². The van der Waals surface area contributed by atoms with Crippen molar-refractivity contribution >= 4 is 5.91 Å². The van der Waals surface area contributed by atoms with Gasteiger partial charge in [0.15, 0.2) is 0 Å². The third kappa shape index (κ3) is 3.80. The Balaban J connectivity index is 1.41. The first-order valence-electron chi connectivity index (χ1n) is 10.2. The van der Waals surface area contributed by atoms with Crippen LogP contribution in [-0.4, -0.2) is 72.5 Å². The molecule has 3 fully saturated rings. The van der Waals surface area contributed by atoms with Gasteiger partial charge in [-0.3, -0.25) is 9.69 Å². The molecule has 24 heavy (non-hydrogen) atoms. The second-order valence-electron chi connectivity index (χ2n) is 8.98. The highest BCUT2D eigenvalue weighted by atomic mass is 16.2. The highest BCUT2D eigenvalue weighted by molar-refractivity contribution is 5.85. The van der Waals surface area contributed by atoms with Crippen molar-refractivity contribution in [2.24, 2.45) is 17.3 Å². The third-order valence-electron chi connectivity index (χ3n) is 6.88. The normalized spacial score (nSPS) is 26.3. The smallest absolute Gasteiger partial charge is 0.229 e. The fourth-order valence-corrected chi connectivity index (χ4v) is 4.64. The van der Waals surface area contributed by atoms with Gasteiger partial charge < -0.3 is 9.80 Å². The van der Waals surface area contributed by atoms with E-state index >= 15 is 0 Å². The van der Waals surface area contributed by atoms with Gasteiger partial charge in [0.1, 0.15) is 0 Å². The van der Waals surface area contributed by atoms with Crippen LogP contribution in [0, 0.1) is 17.3 Å². The second kappa shape index (κ2) is 7.33. The highest BCUT2D eigenvalue weighted by Gasteiger charge is 2.53. The monoisotopic (exact) mass is 335 g/mol. The lowest BCUT2D eigenvalue weighted by atomic mass is 9.90. The molecule has 3 aliphatic rings. The average molecular weight is 336 g/mol. The number of amides is 1. The molecule has 1 saturated carbocycles. The van der Waals surface area contributed by atoms with Crippen molar-refractivity contribution in [3.8, 4) is 0 Å². The minimum absolute atomic E-state index is 0.00580. The molecule has 0 radical (unpaired) electrons. The van der Waals surface area contributed by atoms with Crippen LogP contribution >= 0.6 is 0 Å². The van der Waals surface area contributed by atoms with Gasteiger partial charge in [0.2, 0.25) is 5.91 Å². The molecule has 0 aromatic heterocycles. The number of carbonyl (C=O) groups is 1. The van der Waals surface area contributed by atoms with E-state index in [4.69, 9.17) is 0 Å². The highest BCUT2D eigenvalue weighted by Crippen LogP contribution is 2.53. The van der Waals surface area contributed by atoms with E-state index in [0.29, 0.717) is 17.9 Å². The van der Waals surface area contributed by atoms with Crippen molar-refractivity contribution in [3.63, 3.8) is 0 Å². The summed E-state index contributed by atoms with van der Waals surface area (Å²) in [7, 11) is 0. The molecule has 138 valence electrons. The summed E-state index contributed by atoms with van der Waals surface area (Å²) < 4.78 is 0. The van der Waals surface area contributed by atoms with Crippen LogP contribution in [0.15, 0.2) is 0 Å². The van der Waals surface area contributed by atoms with Gasteiger partial charge >= 0.3 is 0 Å². The molecule has 2 saturated heterocycles. The van der Waals surface area contributed by atoms with Crippen molar-refractivity contribution in [2.45, 2.75) is 59.4 Å². The summed E-state index contributed by atoms with van der Waals surface area (Å²) in [5, 5.41) is 0. The maximum atomic E-state index is 12.8. The molecule has 1 amide bonds.